The van der Waals surface area contributed by atoms with Crippen LogP contribution in [0.3, 0.4) is 0 Å². The highest BCUT2D eigenvalue weighted by Gasteiger charge is 2.22. The summed E-state index contributed by atoms with van der Waals surface area (Å²) in [5.41, 5.74) is 3.46. The van der Waals surface area contributed by atoms with Crippen molar-refractivity contribution < 1.29 is 13.2 Å². The number of aromatic amines is 1. The maximum atomic E-state index is 12.6. The van der Waals surface area contributed by atoms with Gasteiger partial charge in [0, 0.05) is 12.7 Å². The van der Waals surface area contributed by atoms with Crippen molar-refractivity contribution >= 4 is 22.1 Å². The SMILES string of the molecule is Cc1[nH]n(-c2ccccc2)c(=O)c1C=NNC(=O)CN(C)S(=O)(=O)c1ccccc1. The van der Waals surface area contributed by atoms with Crippen LogP contribution in [0.4, 0.5) is 0 Å². The summed E-state index contributed by atoms with van der Waals surface area (Å²) in [7, 11) is -2.48. The molecule has 3 rings (SSSR count). The number of aryl methyl sites for hydroxylation is 1. The second-order valence-electron chi connectivity index (χ2n) is 6.49. The van der Waals surface area contributed by atoms with Crippen molar-refractivity contribution in [2.24, 2.45) is 5.10 Å². The molecule has 0 unspecified atom stereocenters. The van der Waals surface area contributed by atoms with E-state index in [2.05, 4.69) is 15.6 Å². The minimum Gasteiger partial charge on any atom is -0.295 e. The quantitative estimate of drug-likeness (QED) is 0.436. The molecule has 0 atom stereocenters. The fraction of sp³-hybridized carbons (Fsp3) is 0.150. The number of carbonyl (C=O) groups excluding carboxylic acids is 1. The molecule has 30 heavy (non-hydrogen) atoms. The van der Waals surface area contributed by atoms with Crippen LogP contribution >= 0.6 is 0 Å². The lowest BCUT2D eigenvalue weighted by Crippen LogP contribution is -2.36. The maximum absolute atomic E-state index is 12.6. The lowest BCUT2D eigenvalue weighted by molar-refractivity contribution is -0.121. The van der Waals surface area contributed by atoms with Gasteiger partial charge in [-0.1, -0.05) is 36.4 Å². The lowest BCUT2D eigenvalue weighted by Gasteiger charge is -2.15. The molecule has 0 bridgehead atoms. The van der Waals surface area contributed by atoms with Crippen LogP contribution in [0.25, 0.3) is 5.69 Å². The molecule has 10 heteroatoms. The van der Waals surface area contributed by atoms with Gasteiger partial charge in [0.2, 0.25) is 10.0 Å². The molecule has 0 saturated heterocycles. The summed E-state index contributed by atoms with van der Waals surface area (Å²) in [6, 6.07) is 16.8. The largest absolute Gasteiger partial charge is 0.295 e. The number of H-pyrrole nitrogens is 1. The molecule has 9 nitrogen and oxygen atoms in total. The molecule has 0 fully saturated rings. The highest BCUT2D eigenvalue weighted by atomic mass is 32.2. The van der Waals surface area contributed by atoms with Crippen LogP contribution in [0.2, 0.25) is 0 Å². The van der Waals surface area contributed by atoms with Crippen molar-refractivity contribution in [1.82, 2.24) is 19.5 Å². The maximum Gasteiger partial charge on any atom is 0.280 e. The van der Waals surface area contributed by atoms with E-state index in [-0.39, 0.29) is 16.0 Å². The third-order valence-corrected chi connectivity index (χ3v) is 6.15. The van der Waals surface area contributed by atoms with Gasteiger partial charge in [-0.05, 0) is 31.2 Å². The fourth-order valence-corrected chi connectivity index (χ4v) is 3.88. The number of benzene rings is 2. The topological polar surface area (TPSA) is 117 Å². The highest BCUT2D eigenvalue weighted by molar-refractivity contribution is 7.89. The van der Waals surface area contributed by atoms with Crippen molar-refractivity contribution in [3.8, 4) is 5.69 Å². The predicted octanol–water partition coefficient (Wildman–Crippen LogP) is 1.24. The van der Waals surface area contributed by atoms with Crippen molar-refractivity contribution in [3.63, 3.8) is 0 Å². The monoisotopic (exact) mass is 427 g/mol. The average Bonchev–Trinajstić information content (AvgIpc) is 3.03. The Morgan fingerprint density at radius 2 is 1.73 bits per heavy atom. The Bertz CT molecular complexity index is 1220. The van der Waals surface area contributed by atoms with E-state index in [1.54, 1.807) is 37.3 Å². The molecular weight excluding hydrogens is 406 g/mol. The molecule has 1 amide bonds. The van der Waals surface area contributed by atoms with Crippen LogP contribution in [-0.2, 0) is 14.8 Å². The van der Waals surface area contributed by atoms with Crippen molar-refractivity contribution in [3.05, 3.63) is 82.3 Å². The number of nitrogens with zero attached hydrogens (tertiary/aromatic N) is 3. The number of hydrogen-bond donors (Lipinski definition) is 2. The Balaban J connectivity index is 1.67. The summed E-state index contributed by atoms with van der Waals surface area (Å²) >= 11 is 0. The number of para-hydroxylation sites is 1. The number of likely N-dealkylation sites (N-methyl/N-ethyl adjacent to an activating group) is 1. The number of rotatable bonds is 7. The van der Waals surface area contributed by atoms with Crippen LogP contribution < -0.4 is 11.0 Å². The first kappa shape index (κ1) is 21.2. The molecule has 0 radical (unpaired) electrons. The second kappa shape index (κ2) is 8.89. The van der Waals surface area contributed by atoms with Gasteiger partial charge in [0.25, 0.3) is 11.5 Å². The van der Waals surface area contributed by atoms with Crippen LogP contribution in [0.1, 0.15) is 11.3 Å². The average molecular weight is 427 g/mol. The van der Waals surface area contributed by atoms with E-state index in [9.17, 15) is 18.0 Å². The molecule has 0 spiro atoms. The van der Waals surface area contributed by atoms with Crippen molar-refractivity contribution in [1.29, 1.82) is 0 Å². The van der Waals surface area contributed by atoms with E-state index >= 15 is 0 Å². The van der Waals surface area contributed by atoms with Gasteiger partial charge >= 0.3 is 0 Å². The van der Waals surface area contributed by atoms with Crippen LogP contribution in [0.15, 0.2) is 75.5 Å². The predicted molar refractivity (Wildman–Crippen MR) is 113 cm³/mol. The van der Waals surface area contributed by atoms with E-state index in [1.165, 1.54) is 30.1 Å². The Morgan fingerprint density at radius 1 is 1.13 bits per heavy atom. The third kappa shape index (κ3) is 4.56. The van der Waals surface area contributed by atoms with Gasteiger partial charge in [0.15, 0.2) is 0 Å². The number of nitrogens with one attached hydrogen (secondary N) is 2. The molecular formula is C20H21N5O4S. The lowest BCUT2D eigenvalue weighted by atomic mass is 10.3. The summed E-state index contributed by atoms with van der Waals surface area (Å²) in [5.74, 6) is -0.634. The molecule has 3 aromatic rings. The number of carbonyl (C=O) groups is 1. The molecule has 1 aromatic heterocycles. The minimum atomic E-state index is -3.79. The van der Waals surface area contributed by atoms with Gasteiger partial charge in [-0.3, -0.25) is 14.7 Å². The van der Waals surface area contributed by atoms with Crippen LogP contribution in [-0.4, -0.2) is 48.2 Å². The van der Waals surface area contributed by atoms with Crippen molar-refractivity contribution in [2.45, 2.75) is 11.8 Å². The number of sulfonamides is 1. The van der Waals surface area contributed by atoms with Gasteiger partial charge < -0.3 is 0 Å². The van der Waals surface area contributed by atoms with Crippen LogP contribution in [0, 0.1) is 6.92 Å². The zero-order chi connectivity index (χ0) is 21.7. The fourth-order valence-electron chi connectivity index (χ4n) is 2.73. The Labute approximate surface area is 173 Å². The van der Waals surface area contributed by atoms with E-state index in [0.717, 1.165) is 4.31 Å². The molecule has 1 heterocycles. The molecule has 0 aliphatic carbocycles. The van der Waals surface area contributed by atoms with E-state index in [0.29, 0.717) is 11.4 Å². The minimum absolute atomic E-state index is 0.0909. The smallest absolute Gasteiger partial charge is 0.280 e. The van der Waals surface area contributed by atoms with Crippen LogP contribution in [0.5, 0.6) is 0 Å². The zero-order valence-corrected chi connectivity index (χ0v) is 17.3. The summed E-state index contributed by atoms with van der Waals surface area (Å²) < 4.78 is 27.2. The van der Waals surface area contributed by atoms with Gasteiger partial charge in [-0.2, -0.15) is 9.41 Å². The third-order valence-electron chi connectivity index (χ3n) is 4.33. The van der Waals surface area contributed by atoms with E-state index < -0.39 is 22.5 Å². The number of hydrogen-bond acceptors (Lipinski definition) is 5. The Kier molecular flexibility index (Phi) is 6.28. The summed E-state index contributed by atoms with van der Waals surface area (Å²) in [5, 5.41) is 6.75. The molecule has 2 aromatic carbocycles. The van der Waals surface area contributed by atoms with Gasteiger partial charge in [0.1, 0.15) is 0 Å². The molecule has 2 N–H and O–H groups in total. The molecule has 0 aliphatic rings. The number of aromatic nitrogens is 2. The summed E-state index contributed by atoms with van der Waals surface area (Å²) in [6.07, 6.45) is 1.23. The standard InChI is InChI=1S/C20H21N5O4S/c1-15-18(20(27)25(23-15)16-9-5-3-6-10-16)13-21-22-19(26)14-24(2)30(28,29)17-11-7-4-8-12-17/h3-13,23H,14H2,1-2H3,(H,22,26). The normalized spacial score (nSPS) is 11.8. The zero-order valence-electron chi connectivity index (χ0n) is 16.4. The number of hydrazone groups is 1. The first-order valence-corrected chi connectivity index (χ1v) is 10.4. The Morgan fingerprint density at radius 3 is 2.37 bits per heavy atom. The Hall–Kier alpha value is -3.50. The summed E-state index contributed by atoms with van der Waals surface area (Å²) in [4.78, 5) is 24.8. The second-order valence-corrected chi connectivity index (χ2v) is 8.54. The molecule has 0 aliphatic heterocycles. The van der Waals surface area contributed by atoms with Crippen molar-refractivity contribution in [2.75, 3.05) is 13.6 Å². The highest BCUT2D eigenvalue weighted by Crippen LogP contribution is 2.12. The van der Waals surface area contributed by atoms with Gasteiger partial charge in [-0.15, -0.1) is 0 Å². The van der Waals surface area contributed by atoms with E-state index in [1.807, 2.05) is 18.2 Å². The first-order chi connectivity index (χ1) is 14.3. The van der Waals surface area contributed by atoms with Gasteiger partial charge in [0.05, 0.1) is 28.9 Å². The molecule has 156 valence electrons. The number of amides is 1. The first-order valence-electron chi connectivity index (χ1n) is 9.01. The van der Waals surface area contributed by atoms with Gasteiger partial charge in [-0.25, -0.2) is 18.5 Å². The summed E-state index contributed by atoms with van der Waals surface area (Å²) in [6.45, 7) is 1.29. The molecule has 0 saturated carbocycles. The van der Waals surface area contributed by atoms with E-state index in [4.69, 9.17) is 0 Å².